The Morgan fingerprint density at radius 2 is 1.89 bits per heavy atom. The van der Waals surface area contributed by atoms with E-state index in [1.807, 2.05) is 0 Å². The van der Waals surface area contributed by atoms with Gasteiger partial charge in [-0.3, -0.25) is 0 Å². The molecule has 0 aliphatic rings. The summed E-state index contributed by atoms with van der Waals surface area (Å²) in [6.07, 6.45) is -4.41. The lowest BCUT2D eigenvalue weighted by Crippen LogP contribution is -2.05. The fourth-order valence-electron chi connectivity index (χ4n) is 1.72. The van der Waals surface area contributed by atoms with E-state index < -0.39 is 18.3 Å². The molecule has 6 heteroatoms. The van der Waals surface area contributed by atoms with Crippen molar-refractivity contribution < 1.29 is 18.3 Å². The van der Waals surface area contributed by atoms with Crippen LogP contribution in [0.2, 0.25) is 5.15 Å². The number of halogens is 4. The van der Waals surface area contributed by atoms with Gasteiger partial charge in [-0.2, -0.15) is 13.2 Å². The first-order valence-corrected chi connectivity index (χ1v) is 5.73. The van der Waals surface area contributed by atoms with Gasteiger partial charge in [-0.05, 0) is 29.8 Å². The average Bonchev–Trinajstić information content (AvgIpc) is 2.37. The highest BCUT2D eigenvalue weighted by atomic mass is 35.5. The molecule has 0 saturated heterocycles. The summed E-state index contributed by atoms with van der Waals surface area (Å²) in [5.41, 5.74) is 0.261. The first-order valence-electron chi connectivity index (χ1n) is 5.35. The van der Waals surface area contributed by atoms with Crippen LogP contribution in [0.4, 0.5) is 13.2 Å². The van der Waals surface area contributed by atoms with Crippen molar-refractivity contribution in [2.24, 2.45) is 0 Å². The van der Waals surface area contributed by atoms with Crippen molar-refractivity contribution in [3.63, 3.8) is 0 Å². The highest BCUT2D eigenvalue weighted by Gasteiger charge is 2.30. The molecule has 1 N–H and O–H groups in total. The number of pyridine rings is 1. The monoisotopic (exact) mass is 287 g/mol. The second-order valence-corrected chi connectivity index (χ2v) is 4.25. The molecule has 2 rings (SSSR count). The molecule has 1 heterocycles. The Kier molecular flexibility index (Phi) is 3.78. The van der Waals surface area contributed by atoms with Crippen LogP contribution in [0.25, 0.3) is 11.1 Å². The molecule has 0 atom stereocenters. The molecule has 2 nitrogen and oxygen atoms in total. The van der Waals surface area contributed by atoms with Crippen molar-refractivity contribution in [1.82, 2.24) is 4.98 Å². The Morgan fingerprint density at radius 3 is 2.53 bits per heavy atom. The molecule has 1 aromatic carbocycles. The van der Waals surface area contributed by atoms with Crippen LogP contribution in [0.1, 0.15) is 11.3 Å². The molecule has 0 aliphatic heterocycles. The van der Waals surface area contributed by atoms with Crippen LogP contribution < -0.4 is 0 Å². The van der Waals surface area contributed by atoms with E-state index in [1.54, 1.807) is 0 Å². The third-order valence-corrected chi connectivity index (χ3v) is 2.80. The van der Waals surface area contributed by atoms with Crippen LogP contribution >= 0.6 is 11.6 Å². The van der Waals surface area contributed by atoms with E-state index in [0.717, 1.165) is 12.1 Å². The number of alkyl halides is 3. The molecule has 0 saturated carbocycles. The SMILES string of the molecule is OCc1nc(Cl)ccc1-c1cccc(C(F)(F)F)c1. The molecule has 19 heavy (non-hydrogen) atoms. The lowest BCUT2D eigenvalue weighted by atomic mass is 10.0. The van der Waals surface area contributed by atoms with Crippen molar-refractivity contribution in [1.29, 1.82) is 0 Å². The van der Waals surface area contributed by atoms with Crippen molar-refractivity contribution in [3.8, 4) is 11.1 Å². The standard InChI is InChI=1S/C13H9ClF3NO/c14-12-5-4-10(11(7-19)18-12)8-2-1-3-9(6-8)13(15,16)17/h1-6,19H,7H2. The number of aliphatic hydroxyl groups is 1. The van der Waals surface area contributed by atoms with Crippen LogP contribution in [0.15, 0.2) is 36.4 Å². The zero-order chi connectivity index (χ0) is 14.0. The molecule has 0 amide bonds. The molecule has 2 aromatic rings. The summed E-state index contributed by atoms with van der Waals surface area (Å²) in [6, 6.07) is 7.86. The third-order valence-electron chi connectivity index (χ3n) is 2.59. The number of aromatic nitrogens is 1. The van der Waals surface area contributed by atoms with Gasteiger partial charge in [0.05, 0.1) is 17.9 Å². The van der Waals surface area contributed by atoms with E-state index in [1.165, 1.54) is 24.3 Å². The first-order chi connectivity index (χ1) is 8.91. The van der Waals surface area contributed by atoms with E-state index in [9.17, 15) is 18.3 Å². The van der Waals surface area contributed by atoms with Gasteiger partial charge in [-0.25, -0.2) is 4.98 Å². The molecule has 0 spiro atoms. The smallest absolute Gasteiger partial charge is 0.390 e. The van der Waals surface area contributed by atoms with Crippen molar-refractivity contribution in [3.05, 3.63) is 52.8 Å². The van der Waals surface area contributed by atoms with Gasteiger partial charge >= 0.3 is 6.18 Å². The lowest BCUT2D eigenvalue weighted by molar-refractivity contribution is -0.137. The molecule has 0 radical (unpaired) electrons. The highest BCUT2D eigenvalue weighted by Crippen LogP contribution is 2.33. The van der Waals surface area contributed by atoms with E-state index in [2.05, 4.69) is 4.98 Å². The first kappa shape index (κ1) is 13.8. The summed E-state index contributed by atoms with van der Waals surface area (Å²) in [7, 11) is 0. The molecule has 0 aliphatic carbocycles. The van der Waals surface area contributed by atoms with Gasteiger partial charge in [0.15, 0.2) is 0 Å². The molecular weight excluding hydrogens is 279 g/mol. The lowest BCUT2D eigenvalue weighted by Gasteiger charge is -2.11. The zero-order valence-corrected chi connectivity index (χ0v) is 10.3. The zero-order valence-electron chi connectivity index (χ0n) is 9.58. The minimum absolute atomic E-state index is 0.180. The quantitative estimate of drug-likeness (QED) is 0.850. The Balaban J connectivity index is 2.53. The number of hydrogen-bond acceptors (Lipinski definition) is 2. The second kappa shape index (κ2) is 5.19. The summed E-state index contributed by atoms with van der Waals surface area (Å²) in [5, 5.41) is 9.37. The van der Waals surface area contributed by atoms with Gasteiger partial charge in [-0.15, -0.1) is 0 Å². The number of benzene rings is 1. The van der Waals surface area contributed by atoms with Crippen LogP contribution in [0, 0.1) is 0 Å². The van der Waals surface area contributed by atoms with Crippen LogP contribution in [0.3, 0.4) is 0 Å². The fourth-order valence-corrected chi connectivity index (χ4v) is 1.89. The summed E-state index contributed by atoms with van der Waals surface area (Å²) in [6.45, 7) is -0.397. The highest BCUT2D eigenvalue weighted by molar-refractivity contribution is 6.29. The predicted molar refractivity (Wildman–Crippen MR) is 65.6 cm³/mol. The van der Waals surface area contributed by atoms with E-state index in [-0.39, 0.29) is 10.8 Å². The summed E-state index contributed by atoms with van der Waals surface area (Å²) < 4.78 is 37.9. The van der Waals surface area contributed by atoms with Gasteiger partial charge in [0.25, 0.3) is 0 Å². The molecule has 0 bridgehead atoms. The second-order valence-electron chi connectivity index (χ2n) is 3.86. The normalized spacial score (nSPS) is 11.6. The van der Waals surface area contributed by atoms with Crippen molar-refractivity contribution >= 4 is 11.6 Å². The van der Waals surface area contributed by atoms with Gasteiger partial charge in [0.1, 0.15) is 5.15 Å². The van der Waals surface area contributed by atoms with Crippen LogP contribution in [-0.2, 0) is 12.8 Å². The number of nitrogens with zero attached hydrogens (tertiary/aromatic N) is 1. The van der Waals surface area contributed by atoms with Crippen LogP contribution in [-0.4, -0.2) is 10.1 Å². The van der Waals surface area contributed by atoms with Crippen molar-refractivity contribution in [2.75, 3.05) is 0 Å². The molecule has 100 valence electrons. The van der Waals surface area contributed by atoms with Gasteiger partial charge in [0, 0.05) is 5.56 Å². The van der Waals surface area contributed by atoms with Gasteiger partial charge in [0.2, 0.25) is 0 Å². The van der Waals surface area contributed by atoms with Crippen LogP contribution in [0.5, 0.6) is 0 Å². The third kappa shape index (κ3) is 3.05. The number of rotatable bonds is 2. The maximum absolute atomic E-state index is 12.6. The fraction of sp³-hybridized carbons (Fsp3) is 0.154. The molecular formula is C13H9ClF3NO. The molecule has 0 unspecified atom stereocenters. The minimum Gasteiger partial charge on any atom is -0.390 e. The topological polar surface area (TPSA) is 33.1 Å². The maximum atomic E-state index is 12.6. The van der Waals surface area contributed by atoms with Gasteiger partial charge in [-0.1, -0.05) is 23.7 Å². The average molecular weight is 288 g/mol. The number of aliphatic hydroxyl groups excluding tert-OH is 1. The minimum atomic E-state index is -4.41. The molecule has 0 fully saturated rings. The van der Waals surface area contributed by atoms with Gasteiger partial charge < -0.3 is 5.11 Å². The Hall–Kier alpha value is -1.59. The predicted octanol–water partition coefficient (Wildman–Crippen LogP) is 3.91. The number of hydrogen-bond donors (Lipinski definition) is 1. The summed E-state index contributed by atoms with van der Waals surface area (Å²) in [5.74, 6) is 0. The summed E-state index contributed by atoms with van der Waals surface area (Å²) in [4.78, 5) is 3.89. The largest absolute Gasteiger partial charge is 0.416 e. The Bertz CT molecular complexity index is 599. The van der Waals surface area contributed by atoms with E-state index in [0.29, 0.717) is 11.1 Å². The Morgan fingerprint density at radius 1 is 1.16 bits per heavy atom. The van der Waals surface area contributed by atoms with E-state index in [4.69, 9.17) is 11.6 Å². The molecule has 1 aromatic heterocycles. The summed E-state index contributed by atoms with van der Waals surface area (Å²) >= 11 is 5.68. The van der Waals surface area contributed by atoms with E-state index >= 15 is 0 Å². The maximum Gasteiger partial charge on any atom is 0.416 e. The van der Waals surface area contributed by atoms with Crippen molar-refractivity contribution in [2.45, 2.75) is 12.8 Å². The Labute approximate surface area is 112 Å².